The van der Waals surface area contributed by atoms with Gasteiger partial charge >= 0.3 is 0 Å². The summed E-state index contributed by atoms with van der Waals surface area (Å²) in [5, 5.41) is 10.1. The third-order valence-corrected chi connectivity index (χ3v) is 12.8. The summed E-state index contributed by atoms with van der Waals surface area (Å²) in [5.74, 6) is 0.752. The molecule has 0 N–H and O–H groups in total. The molecule has 7 aromatic carbocycles. The Bertz CT molecular complexity index is 3020. The van der Waals surface area contributed by atoms with Crippen molar-refractivity contribution in [1.29, 1.82) is 0 Å². The number of fused-ring (bicyclic) bond motifs is 12. The number of hydrogen-bond acceptors (Lipinski definition) is 4. The fourth-order valence-corrected chi connectivity index (χ4v) is 10.5. The van der Waals surface area contributed by atoms with E-state index in [1.807, 2.05) is 11.3 Å². The minimum Gasteiger partial charge on any atom is -0.226 e. The number of allylic oxidation sites excluding steroid dienone is 1. The Morgan fingerprint density at radius 3 is 1.98 bits per heavy atom. The summed E-state index contributed by atoms with van der Waals surface area (Å²) >= 11 is 3.73. The topological polar surface area (TPSA) is 25.8 Å². The summed E-state index contributed by atoms with van der Waals surface area (Å²) < 4.78 is 3.71. The molecule has 2 nitrogen and oxygen atoms in total. The van der Waals surface area contributed by atoms with Gasteiger partial charge in [-0.25, -0.2) is 9.97 Å². The highest BCUT2D eigenvalue weighted by molar-refractivity contribution is 7.26. The molecule has 3 aromatic heterocycles. The van der Waals surface area contributed by atoms with Crippen LogP contribution in [0.15, 0.2) is 140 Å². The molecular formula is C46H28N2S2. The van der Waals surface area contributed by atoms with Crippen molar-refractivity contribution in [1.82, 2.24) is 9.97 Å². The number of aryl methyl sites for hydroxylation is 1. The quantitative estimate of drug-likeness (QED) is 0.175. The monoisotopic (exact) mass is 672 g/mol. The van der Waals surface area contributed by atoms with Gasteiger partial charge in [0.25, 0.3) is 0 Å². The van der Waals surface area contributed by atoms with Crippen LogP contribution in [0.5, 0.6) is 0 Å². The van der Waals surface area contributed by atoms with Crippen LogP contribution in [0.1, 0.15) is 16.9 Å². The van der Waals surface area contributed by atoms with Gasteiger partial charge in [-0.1, -0.05) is 127 Å². The van der Waals surface area contributed by atoms with E-state index in [4.69, 9.17) is 9.97 Å². The van der Waals surface area contributed by atoms with Crippen molar-refractivity contribution in [3.8, 4) is 33.8 Å². The Balaban J connectivity index is 1.14. The summed E-state index contributed by atoms with van der Waals surface area (Å²) in [6.45, 7) is 0. The standard InChI is InChI=1S/C46H28N2S2/c1-2-15-33-31(13-1)32-14-3-4-16-34(32)39-26-28(23-24-35(33)39)42-45-43(38-18-6-8-22-41(38)50-45)48-46(47-42)29-12-9-11-27(25-29)30-19-10-20-37-36-17-5-7-21-40(36)49-44(30)37/h1-6,8-20,22-26H,7,21H2. The summed E-state index contributed by atoms with van der Waals surface area (Å²) in [6, 6.07) is 48.6. The molecule has 0 atom stereocenters. The van der Waals surface area contributed by atoms with E-state index >= 15 is 0 Å². The molecule has 0 fully saturated rings. The highest BCUT2D eigenvalue weighted by Crippen LogP contribution is 2.44. The maximum absolute atomic E-state index is 5.43. The van der Waals surface area contributed by atoms with Crippen LogP contribution in [-0.2, 0) is 6.42 Å². The molecule has 0 unspecified atom stereocenters. The molecular weight excluding hydrogens is 645 g/mol. The highest BCUT2D eigenvalue weighted by atomic mass is 32.1. The predicted octanol–water partition coefficient (Wildman–Crippen LogP) is 13.5. The van der Waals surface area contributed by atoms with Crippen LogP contribution in [-0.4, -0.2) is 9.97 Å². The van der Waals surface area contributed by atoms with E-state index in [1.165, 1.54) is 74.1 Å². The van der Waals surface area contributed by atoms with Crippen LogP contribution in [0.3, 0.4) is 0 Å². The van der Waals surface area contributed by atoms with Gasteiger partial charge in [0.1, 0.15) is 0 Å². The van der Waals surface area contributed by atoms with Crippen molar-refractivity contribution >= 4 is 91.5 Å². The normalized spacial score (nSPS) is 13.0. The molecule has 0 saturated heterocycles. The molecule has 10 aromatic rings. The maximum atomic E-state index is 5.43. The van der Waals surface area contributed by atoms with Crippen molar-refractivity contribution in [2.24, 2.45) is 0 Å². The van der Waals surface area contributed by atoms with Crippen LogP contribution < -0.4 is 0 Å². The number of thiophene rings is 2. The van der Waals surface area contributed by atoms with Crippen molar-refractivity contribution < 1.29 is 0 Å². The first kappa shape index (κ1) is 28.2. The second kappa shape index (κ2) is 10.9. The molecule has 0 radical (unpaired) electrons. The maximum Gasteiger partial charge on any atom is 0.160 e. The Morgan fingerprint density at radius 1 is 0.480 bits per heavy atom. The van der Waals surface area contributed by atoms with E-state index in [-0.39, 0.29) is 0 Å². The van der Waals surface area contributed by atoms with Gasteiger partial charge in [0.15, 0.2) is 5.82 Å². The first-order valence-electron chi connectivity index (χ1n) is 17.1. The third kappa shape index (κ3) is 4.19. The van der Waals surface area contributed by atoms with Gasteiger partial charge in [-0.15, -0.1) is 22.7 Å². The Morgan fingerprint density at radius 2 is 1.16 bits per heavy atom. The van der Waals surface area contributed by atoms with Crippen LogP contribution in [0.2, 0.25) is 0 Å². The van der Waals surface area contributed by atoms with Crippen molar-refractivity contribution in [3.63, 3.8) is 0 Å². The number of benzene rings is 7. The van der Waals surface area contributed by atoms with E-state index in [0.717, 1.165) is 45.7 Å². The Hall–Kier alpha value is -5.68. The SMILES string of the molecule is C1=Cc2c(sc3c(-c4cccc(-c5nc(-c6ccc7c8ccccc8c8ccccc8c7c6)c6sc7ccccc7c6n5)c4)cccc23)CC1. The van der Waals surface area contributed by atoms with E-state index in [9.17, 15) is 0 Å². The van der Waals surface area contributed by atoms with Crippen LogP contribution in [0, 0.1) is 0 Å². The molecule has 0 bridgehead atoms. The van der Waals surface area contributed by atoms with Gasteiger partial charge < -0.3 is 0 Å². The van der Waals surface area contributed by atoms with Crippen molar-refractivity contribution in [2.45, 2.75) is 12.8 Å². The molecule has 0 spiro atoms. The lowest BCUT2D eigenvalue weighted by molar-refractivity contribution is 1.02. The molecule has 0 saturated carbocycles. The molecule has 4 heteroatoms. The zero-order valence-corrected chi connectivity index (χ0v) is 28.6. The van der Waals surface area contributed by atoms with Crippen LogP contribution >= 0.6 is 22.7 Å². The smallest absolute Gasteiger partial charge is 0.160 e. The highest BCUT2D eigenvalue weighted by Gasteiger charge is 2.20. The van der Waals surface area contributed by atoms with Gasteiger partial charge in [-0.2, -0.15) is 0 Å². The second-order valence-corrected chi connectivity index (χ2v) is 15.3. The van der Waals surface area contributed by atoms with Crippen LogP contribution in [0.4, 0.5) is 0 Å². The summed E-state index contributed by atoms with van der Waals surface area (Å²) in [6.07, 6.45) is 6.86. The number of nitrogens with zero attached hydrogens (tertiary/aromatic N) is 2. The molecule has 0 amide bonds. The molecule has 50 heavy (non-hydrogen) atoms. The summed E-state index contributed by atoms with van der Waals surface area (Å²) in [4.78, 5) is 12.2. The predicted molar refractivity (Wildman–Crippen MR) is 216 cm³/mol. The molecule has 1 aliphatic carbocycles. The van der Waals surface area contributed by atoms with Gasteiger partial charge in [0.2, 0.25) is 0 Å². The van der Waals surface area contributed by atoms with E-state index in [0.29, 0.717) is 0 Å². The average molecular weight is 673 g/mol. The molecule has 1 aliphatic rings. The lowest BCUT2D eigenvalue weighted by atomic mass is 9.93. The van der Waals surface area contributed by atoms with Crippen molar-refractivity contribution in [3.05, 3.63) is 150 Å². The average Bonchev–Trinajstić information content (AvgIpc) is 3.76. The largest absolute Gasteiger partial charge is 0.226 e. The molecule has 0 aliphatic heterocycles. The summed E-state index contributed by atoms with van der Waals surface area (Å²) in [5.41, 5.74) is 7.99. The molecule has 11 rings (SSSR count). The first-order valence-corrected chi connectivity index (χ1v) is 18.8. The lowest BCUT2D eigenvalue weighted by Gasteiger charge is -2.13. The fraction of sp³-hybridized carbons (Fsp3) is 0.0435. The fourth-order valence-electron chi connectivity index (χ4n) is 8.00. The van der Waals surface area contributed by atoms with Gasteiger partial charge in [-0.05, 0) is 80.0 Å². The Labute approximate surface area is 296 Å². The van der Waals surface area contributed by atoms with E-state index in [1.54, 1.807) is 11.3 Å². The van der Waals surface area contributed by atoms with Gasteiger partial charge in [0.05, 0.1) is 15.9 Å². The molecule has 3 heterocycles. The molecule has 234 valence electrons. The third-order valence-electron chi connectivity index (χ3n) is 10.3. The summed E-state index contributed by atoms with van der Waals surface area (Å²) in [7, 11) is 0. The number of hydrogen-bond donors (Lipinski definition) is 0. The lowest BCUT2D eigenvalue weighted by Crippen LogP contribution is -1.94. The Kier molecular flexibility index (Phi) is 6.15. The number of aromatic nitrogens is 2. The van der Waals surface area contributed by atoms with Crippen molar-refractivity contribution in [2.75, 3.05) is 0 Å². The van der Waals surface area contributed by atoms with Gasteiger partial charge in [-0.3, -0.25) is 0 Å². The van der Waals surface area contributed by atoms with E-state index in [2.05, 4.69) is 146 Å². The minimum absolute atomic E-state index is 0.752. The zero-order chi connectivity index (χ0) is 32.8. The minimum atomic E-state index is 0.752. The number of rotatable bonds is 3. The van der Waals surface area contributed by atoms with E-state index < -0.39 is 0 Å². The van der Waals surface area contributed by atoms with Crippen LogP contribution in [0.25, 0.3) is 103 Å². The zero-order valence-electron chi connectivity index (χ0n) is 27.0. The second-order valence-electron chi connectivity index (χ2n) is 13.2. The first-order chi connectivity index (χ1) is 24.8. The van der Waals surface area contributed by atoms with Gasteiger partial charge in [0, 0.05) is 36.2 Å².